The number of hydrogen-bond donors (Lipinski definition) is 0. The van der Waals surface area contributed by atoms with E-state index in [1.165, 1.54) is 0 Å². The summed E-state index contributed by atoms with van der Waals surface area (Å²) in [6.45, 7) is 0. The van der Waals surface area contributed by atoms with Crippen molar-refractivity contribution in [2.24, 2.45) is 0 Å². The summed E-state index contributed by atoms with van der Waals surface area (Å²) in [5, 5.41) is 0. The zero-order valence-electron chi connectivity index (χ0n) is 2.01. The van der Waals surface area contributed by atoms with Gasteiger partial charge in [-0.2, -0.15) is 0 Å². The van der Waals surface area contributed by atoms with E-state index in [-0.39, 0.29) is 45.5 Å². The van der Waals surface area contributed by atoms with Crippen molar-refractivity contribution in [3.8, 4) is 0 Å². The Morgan fingerprint density at radius 3 is 0.833 bits per heavy atom. The van der Waals surface area contributed by atoms with Gasteiger partial charge < -0.3 is 0 Å². The molecule has 0 unspecified atom stereocenters. The Balaban J connectivity index is 0. The summed E-state index contributed by atoms with van der Waals surface area (Å²) in [4.78, 5) is 0. The molecule has 0 aromatic heterocycles. The molecule has 0 fully saturated rings. The van der Waals surface area contributed by atoms with Crippen molar-refractivity contribution < 1.29 is 0 Å². The van der Waals surface area contributed by atoms with E-state index in [1.807, 2.05) is 0 Å². The first-order valence-electron chi connectivity index (χ1n) is 0.756. The molecule has 0 heterocycles. The minimum atomic E-state index is -1.40. The van der Waals surface area contributed by atoms with Gasteiger partial charge in [-0.15, -0.1) is 0 Å². The zero-order chi connectivity index (χ0) is 4.50. The Morgan fingerprint density at radius 2 is 0.833 bits per heavy atom. The molecule has 0 nitrogen and oxygen atoms in total. The number of hydrogen-bond acceptors (Lipinski definition) is 0. The van der Waals surface area contributed by atoms with Crippen LogP contribution in [0.4, 0.5) is 0 Å². The Bertz CT molecular complexity index is 23.0. The van der Waals surface area contributed by atoms with Gasteiger partial charge in [-0.1, -0.05) is 0 Å². The van der Waals surface area contributed by atoms with Gasteiger partial charge in [0.1, 0.15) is 0 Å². The molecule has 0 aliphatic heterocycles. The van der Waals surface area contributed by atoms with Gasteiger partial charge in [0.15, 0.2) is 0 Å². The monoisotopic (exact) mass is 806 g/mol. The molecular weight excluding hydrogens is 802 g/mol. The first-order chi connectivity index (χ1) is 2.00. The summed E-state index contributed by atoms with van der Waals surface area (Å²) in [5.74, 6) is 0. The third kappa shape index (κ3) is 22.8. The summed E-state index contributed by atoms with van der Waals surface area (Å²) < 4.78 is -1.40. The fourth-order valence-corrected chi connectivity index (χ4v) is 0. The summed E-state index contributed by atoms with van der Waals surface area (Å²) in [6.07, 6.45) is 0. The van der Waals surface area contributed by atoms with E-state index in [2.05, 4.69) is 71.0 Å². The molecule has 0 saturated heterocycles. The molecule has 6 heteroatoms. The Kier molecular flexibility index (Phi) is 16.2. The molecule has 0 amide bonds. The van der Waals surface area contributed by atoms with Gasteiger partial charge in [0.25, 0.3) is 0 Å². The van der Waals surface area contributed by atoms with Crippen LogP contribution in [-0.2, 0) is 0 Å². The first-order valence-corrected chi connectivity index (χ1v) is 44.5. The molecule has 0 spiro atoms. The predicted octanol–water partition coefficient (Wildman–Crippen LogP) is 2.25. The minimum absolute atomic E-state index is 0. The van der Waals surface area contributed by atoms with E-state index in [0.29, 0.717) is 0 Å². The Morgan fingerprint density at radius 1 is 0.833 bits per heavy atom. The normalized spacial score (nSPS) is 10.0. The van der Waals surface area contributed by atoms with Crippen molar-refractivity contribution in [2.45, 2.75) is 0 Å². The van der Waals surface area contributed by atoms with Crippen molar-refractivity contribution in [1.82, 2.24) is 0 Å². The fourth-order valence-electron chi connectivity index (χ4n) is 0. The molecule has 0 radical (unpaired) electrons. The van der Waals surface area contributed by atoms with Gasteiger partial charge in [0.05, 0.1) is 0 Å². The fraction of sp³-hybridized carbons (Fsp3) is 0. The predicted molar refractivity (Wildman–Crippen MR) is 70.4 cm³/mol. The van der Waals surface area contributed by atoms with Crippen LogP contribution in [0.3, 0.4) is 0 Å². The molecular formula is H2I4PbSr. The third-order valence-electron chi connectivity index (χ3n) is 0. The van der Waals surface area contributed by atoms with Crippen LogP contribution in [0.5, 0.6) is 0 Å². The molecule has 0 aromatic carbocycles. The second-order valence-electron chi connectivity index (χ2n) is 0.429. The van der Waals surface area contributed by atoms with Crippen molar-refractivity contribution in [3.63, 3.8) is 0 Å². The number of halogens is 4. The summed E-state index contributed by atoms with van der Waals surface area (Å²) >= 11 is 10.2. The molecule has 6 heavy (non-hydrogen) atoms. The topological polar surface area (TPSA) is 0 Å². The molecule has 0 N–H and O–H groups in total. The van der Waals surface area contributed by atoms with Crippen LogP contribution in [0.2, 0.25) is 0 Å². The third-order valence-corrected chi connectivity index (χ3v) is 0. The Hall–Kier alpha value is 5.32. The molecule has 0 aliphatic carbocycles. The molecule has 0 atom stereocenters. The quantitative estimate of drug-likeness (QED) is 0.261. The second kappa shape index (κ2) is 7.00. The van der Waals surface area contributed by atoms with E-state index in [4.69, 9.17) is 0 Å². The van der Waals surface area contributed by atoms with E-state index < -0.39 is 4.00 Å². The van der Waals surface area contributed by atoms with Gasteiger partial charge in [-0.05, 0) is 0 Å². The second-order valence-corrected chi connectivity index (χ2v) is 169. The van der Waals surface area contributed by atoms with Crippen molar-refractivity contribution >= 4 is 121 Å². The maximum atomic E-state index is 2.56. The summed E-state index contributed by atoms with van der Waals surface area (Å²) in [7, 11) is 0. The van der Waals surface area contributed by atoms with Crippen LogP contribution in [0.15, 0.2) is 0 Å². The van der Waals surface area contributed by atoms with Crippen LogP contribution in [0.1, 0.15) is 0 Å². The summed E-state index contributed by atoms with van der Waals surface area (Å²) in [5.41, 5.74) is 0. The standard InChI is InChI=1S/4HI.Pb.Sr.2H/h4*1H;;;;/q;;;;+4;;;/p-4. The van der Waals surface area contributed by atoms with E-state index in [9.17, 15) is 0 Å². The molecule has 0 saturated carbocycles. The SMILES string of the molecule is [I][Pb]([I])([I])[I].[SrH2]. The number of rotatable bonds is 0. The van der Waals surface area contributed by atoms with Gasteiger partial charge in [-0.25, -0.2) is 0 Å². The van der Waals surface area contributed by atoms with Gasteiger partial charge in [0.2, 0.25) is 0 Å². The van der Waals surface area contributed by atoms with Crippen molar-refractivity contribution in [3.05, 3.63) is 0 Å². The van der Waals surface area contributed by atoms with E-state index in [1.54, 1.807) is 0 Å². The van der Waals surface area contributed by atoms with Crippen LogP contribution >= 0.6 is 71.0 Å². The average molecular weight is 804 g/mol. The van der Waals surface area contributed by atoms with Crippen LogP contribution in [0.25, 0.3) is 0 Å². The molecule has 36 valence electrons. The molecule has 0 aliphatic rings. The van der Waals surface area contributed by atoms with Gasteiger partial charge in [0, 0.05) is 0 Å². The summed E-state index contributed by atoms with van der Waals surface area (Å²) in [6, 6.07) is 0. The molecule has 0 bridgehead atoms. The van der Waals surface area contributed by atoms with E-state index in [0.717, 1.165) is 0 Å². The van der Waals surface area contributed by atoms with Crippen LogP contribution in [0, 0.1) is 0 Å². The molecule has 0 aromatic rings. The maximum absolute atomic E-state index is 2.56. The van der Waals surface area contributed by atoms with Crippen LogP contribution < -0.4 is 0 Å². The van der Waals surface area contributed by atoms with Crippen LogP contribution in [-0.4, -0.2) is 49.5 Å². The molecule has 0 rings (SSSR count). The van der Waals surface area contributed by atoms with Crippen molar-refractivity contribution in [1.29, 1.82) is 0 Å². The van der Waals surface area contributed by atoms with Crippen molar-refractivity contribution in [2.75, 3.05) is 0 Å². The first kappa shape index (κ1) is 13.9. The average Bonchev–Trinajstić information content (AvgIpc) is 0.722. The van der Waals surface area contributed by atoms with E-state index >= 15 is 0 Å². The van der Waals surface area contributed by atoms with Gasteiger partial charge >= 0.3 is 121 Å². The van der Waals surface area contributed by atoms with Gasteiger partial charge in [-0.3, -0.25) is 0 Å². The zero-order valence-corrected chi connectivity index (χ0v) is 14.5. The Labute approximate surface area is 115 Å².